The molecule has 1 fully saturated rings. The van der Waals surface area contributed by atoms with Gasteiger partial charge in [0.25, 0.3) is 5.56 Å². The van der Waals surface area contributed by atoms with Gasteiger partial charge in [0.15, 0.2) is 0 Å². The number of morpholine rings is 1. The molecule has 0 N–H and O–H groups in total. The average molecular weight is 415 g/mol. The van der Waals surface area contributed by atoms with Crippen LogP contribution in [0.2, 0.25) is 5.02 Å². The average Bonchev–Trinajstić information content (AvgIpc) is 2.97. The summed E-state index contributed by atoms with van der Waals surface area (Å²) in [4.78, 5) is 27.4. The van der Waals surface area contributed by atoms with E-state index in [1.807, 2.05) is 38.1 Å². The Morgan fingerprint density at radius 3 is 2.62 bits per heavy atom. The third-order valence-corrected chi connectivity index (χ3v) is 5.91. The quantitative estimate of drug-likeness (QED) is 0.657. The molecule has 3 aromatic rings. The van der Waals surface area contributed by atoms with Gasteiger partial charge in [0.1, 0.15) is 6.54 Å². The number of rotatable bonds is 4. The summed E-state index contributed by atoms with van der Waals surface area (Å²) in [5.74, 6) is -0.118. The fraction of sp³-hybridized carbons (Fsp3) is 0.381. The standard InChI is InChI=1S/C21H23ClN4O3/c1-14-17-11-23-26(13-19(27)24-7-9-29-10-8-24)21(28)20(17)15(2)25(14)12-16-5-3-4-6-18(16)22/h3-6,11H,7-10,12-13H2,1-2H3. The van der Waals surface area contributed by atoms with Gasteiger partial charge in [-0.15, -0.1) is 0 Å². The molecule has 0 unspecified atom stereocenters. The number of aryl methyl sites for hydroxylation is 2. The number of nitrogens with zero attached hydrogens (tertiary/aromatic N) is 4. The van der Waals surface area contributed by atoms with Gasteiger partial charge < -0.3 is 14.2 Å². The highest BCUT2D eigenvalue weighted by Gasteiger charge is 2.21. The summed E-state index contributed by atoms with van der Waals surface area (Å²) in [5.41, 5.74) is 2.53. The van der Waals surface area contributed by atoms with Crippen LogP contribution >= 0.6 is 11.6 Å². The van der Waals surface area contributed by atoms with Crippen molar-refractivity contribution in [2.75, 3.05) is 26.3 Å². The Morgan fingerprint density at radius 2 is 1.90 bits per heavy atom. The highest BCUT2D eigenvalue weighted by molar-refractivity contribution is 6.31. The summed E-state index contributed by atoms with van der Waals surface area (Å²) < 4.78 is 8.61. The molecule has 1 aliphatic rings. The van der Waals surface area contributed by atoms with E-state index in [1.54, 1.807) is 11.1 Å². The van der Waals surface area contributed by atoms with Gasteiger partial charge in [-0.1, -0.05) is 29.8 Å². The smallest absolute Gasteiger partial charge is 0.276 e. The van der Waals surface area contributed by atoms with Crippen LogP contribution in [0.1, 0.15) is 17.0 Å². The van der Waals surface area contributed by atoms with Crippen LogP contribution in [-0.4, -0.2) is 51.5 Å². The molecule has 7 nitrogen and oxygen atoms in total. The van der Waals surface area contributed by atoms with Crippen LogP contribution in [0, 0.1) is 13.8 Å². The highest BCUT2D eigenvalue weighted by atomic mass is 35.5. The largest absolute Gasteiger partial charge is 0.378 e. The molecule has 0 radical (unpaired) electrons. The first-order valence-corrected chi connectivity index (χ1v) is 9.99. The summed E-state index contributed by atoms with van der Waals surface area (Å²) in [6.07, 6.45) is 1.68. The summed E-state index contributed by atoms with van der Waals surface area (Å²) in [6.45, 7) is 6.52. The lowest BCUT2D eigenvalue weighted by molar-refractivity contribution is -0.136. The fourth-order valence-electron chi connectivity index (χ4n) is 3.83. The van der Waals surface area contributed by atoms with E-state index in [2.05, 4.69) is 9.67 Å². The van der Waals surface area contributed by atoms with Crippen LogP contribution in [0.3, 0.4) is 0 Å². The Hall–Kier alpha value is -2.64. The fourth-order valence-corrected chi connectivity index (χ4v) is 4.03. The SMILES string of the molecule is Cc1c2cnn(CC(=O)N3CCOCC3)c(=O)c2c(C)n1Cc1ccccc1Cl. The molecule has 3 heterocycles. The number of aromatic nitrogens is 3. The van der Waals surface area contributed by atoms with Gasteiger partial charge in [-0.25, -0.2) is 4.68 Å². The lowest BCUT2D eigenvalue weighted by atomic mass is 10.2. The Bertz CT molecular complexity index is 1130. The van der Waals surface area contributed by atoms with Crippen molar-refractivity contribution in [1.82, 2.24) is 19.2 Å². The van der Waals surface area contributed by atoms with Crippen molar-refractivity contribution in [3.63, 3.8) is 0 Å². The van der Waals surface area contributed by atoms with Gasteiger partial charge in [0.05, 0.1) is 24.8 Å². The van der Waals surface area contributed by atoms with Crippen LogP contribution in [0.5, 0.6) is 0 Å². The van der Waals surface area contributed by atoms with Crippen molar-refractivity contribution < 1.29 is 9.53 Å². The molecule has 0 saturated carbocycles. The van der Waals surface area contributed by atoms with Crippen LogP contribution in [0.4, 0.5) is 0 Å². The number of halogens is 1. The van der Waals surface area contributed by atoms with Crippen LogP contribution in [0.15, 0.2) is 35.3 Å². The van der Waals surface area contributed by atoms with E-state index in [9.17, 15) is 9.59 Å². The van der Waals surface area contributed by atoms with Gasteiger partial charge >= 0.3 is 0 Å². The number of benzene rings is 1. The highest BCUT2D eigenvalue weighted by Crippen LogP contribution is 2.25. The number of hydrogen-bond acceptors (Lipinski definition) is 4. The van der Waals surface area contributed by atoms with Gasteiger partial charge in [-0.3, -0.25) is 9.59 Å². The second kappa shape index (κ2) is 8.00. The summed E-state index contributed by atoms with van der Waals surface area (Å²) in [6, 6.07) is 7.67. The summed E-state index contributed by atoms with van der Waals surface area (Å²) in [5, 5.41) is 6.35. The van der Waals surface area contributed by atoms with Crippen molar-refractivity contribution in [3.8, 4) is 0 Å². The first-order valence-electron chi connectivity index (χ1n) is 9.62. The molecule has 1 amide bonds. The number of amides is 1. The molecule has 0 bridgehead atoms. The lowest BCUT2D eigenvalue weighted by Crippen LogP contribution is -2.43. The predicted octanol–water partition coefficient (Wildman–Crippen LogP) is 2.38. The molecule has 29 heavy (non-hydrogen) atoms. The van der Waals surface area contributed by atoms with E-state index >= 15 is 0 Å². The second-order valence-electron chi connectivity index (χ2n) is 7.24. The van der Waals surface area contributed by atoms with Crippen LogP contribution in [-0.2, 0) is 22.6 Å². The maximum absolute atomic E-state index is 13.1. The minimum absolute atomic E-state index is 0.0665. The monoisotopic (exact) mass is 414 g/mol. The van der Waals surface area contributed by atoms with Crippen LogP contribution < -0.4 is 5.56 Å². The van der Waals surface area contributed by atoms with E-state index in [0.29, 0.717) is 43.3 Å². The Balaban J connectivity index is 1.69. The minimum atomic E-state index is -0.248. The molecule has 1 aromatic carbocycles. The molecule has 152 valence electrons. The number of carbonyl (C=O) groups excluding carboxylic acids is 1. The summed E-state index contributed by atoms with van der Waals surface area (Å²) >= 11 is 6.32. The zero-order valence-electron chi connectivity index (χ0n) is 16.5. The molecule has 1 aliphatic heterocycles. The van der Waals surface area contributed by atoms with Crippen molar-refractivity contribution in [2.45, 2.75) is 26.9 Å². The minimum Gasteiger partial charge on any atom is -0.378 e. The maximum atomic E-state index is 13.1. The van der Waals surface area contributed by atoms with Crippen molar-refractivity contribution in [1.29, 1.82) is 0 Å². The molecular weight excluding hydrogens is 392 g/mol. The van der Waals surface area contributed by atoms with E-state index < -0.39 is 0 Å². The third kappa shape index (κ3) is 3.68. The molecule has 4 rings (SSSR count). The Labute approximate surface area is 173 Å². The van der Waals surface area contributed by atoms with Gasteiger partial charge in [0.2, 0.25) is 5.91 Å². The molecule has 0 aliphatic carbocycles. The Morgan fingerprint density at radius 1 is 1.17 bits per heavy atom. The summed E-state index contributed by atoms with van der Waals surface area (Å²) in [7, 11) is 0. The topological polar surface area (TPSA) is 69.4 Å². The van der Waals surface area contributed by atoms with Crippen LogP contribution in [0.25, 0.3) is 10.8 Å². The molecule has 1 saturated heterocycles. The molecule has 2 aromatic heterocycles. The lowest BCUT2D eigenvalue weighted by Gasteiger charge is -2.26. The van der Waals surface area contributed by atoms with E-state index in [4.69, 9.17) is 16.3 Å². The molecular formula is C21H23ClN4O3. The number of hydrogen-bond donors (Lipinski definition) is 0. The third-order valence-electron chi connectivity index (χ3n) is 5.54. The van der Waals surface area contributed by atoms with Gasteiger partial charge in [-0.2, -0.15) is 5.10 Å². The van der Waals surface area contributed by atoms with Gasteiger partial charge in [-0.05, 0) is 25.5 Å². The Kier molecular flexibility index (Phi) is 5.43. The molecule has 8 heteroatoms. The zero-order valence-corrected chi connectivity index (χ0v) is 17.3. The van der Waals surface area contributed by atoms with Crippen molar-refractivity contribution in [2.24, 2.45) is 0 Å². The van der Waals surface area contributed by atoms with Gasteiger partial charge in [0, 0.05) is 41.4 Å². The maximum Gasteiger partial charge on any atom is 0.276 e. The van der Waals surface area contributed by atoms with E-state index in [1.165, 1.54) is 4.68 Å². The van der Waals surface area contributed by atoms with E-state index in [-0.39, 0.29) is 18.0 Å². The number of carbonyl (C=O) groups is 1. The first kappa shape index (κ1) is 19.7. The van der Waals surface area contributed by atoms with Crippen molar-refractivity contribution in [3.05, 3.63) is 62.8 Å². The number of ether oxygens (including phenoxy) is 1. The molecule has 0 atom stereocenters. The first-order chi connectivity index (χ1) is 14.0. The predicted molar refractivity (Wildman–Crippen MR) is 111 cm³/mol. The molecule has 0 spiro atoms. The van der Waals surface area contributed by atoms with Crippen molar-refractivity contribution >= 4 is 28.3 Å². The normalized spacial score (nSPS) is 14.5. The van der Waals surface area contributed by atoms with E-state index in [0.717, 1.165) is 22.3 Å². The number of fused-ring (bicyclic) bond motifs is 1. The second-order valence-corrected chi connectivity index (χ2v) is 7.64. The zero-order chi connectivity index (χ0) is 20.5.